The summed E-state index contributed by atoms with van der Waals surface area (Å²) in [5.41, 5.74) is 0.293. The van der Waals surface area contributed by atoms with Crippen molar-refractivity contribution in [3.05, 3.63) is 35.1 Å². The van der Waals surface area contributed by atoms with Gasteiger partial charge in [-0.25, -0.2) is 17.9 Å². The molecule has 0 atom stereocenters. The van der Waals surface area contributed by atoms with E-state index in [1.54, 1.807) is 0 Å². The first-order chi connectivity index (χ1) is 9.83. The van der Waals surface area contributed by atoms with Gasteiger partial charge >= 0.3 is 0 Å². The third-order valence-corrected chi connectivity index (χ3v) is 3.28. The molecule has 0 radical (unpaired) electrons. The molecule has 21 heavy (non-hydrogen) atoms. The molecule has 1 aromatic carbocycles. The molecule has 1 amide bonds. The normalized spacial score (nSPS) is 10.6. The fraction of sp³-hybridized carbons (Fsp3) is 0.308. The van der Waals surface area contributed by atoms with Crippen LogP contribution < -0.4 is 10.5 Å². The van der Waals surface area contributed by atoms with Crippen LogP contribution in [0.1, 0.15) is 22.3 Å². The molecule has 8 heteroatoms. The molecule has 0 saturated heterocycles. The van der Waals surface area contributed by atoms with Gasteiger partial charge in [-0.1, -0.05) is 11.8 Å². The Labute approximate surface area is 122 Å². The molecule has 114 valence electrons. The summed E-state index contributed by atoms with van der Waals surface area (Å²) >= 11 is 0. The number of carbonyl (C=O) groups is 1. The van der Waals surface area contributed by atoms with Crippen molar-refractivity contribution in [2.75, 3.05) is 18.9 Å². The summed E-state index contributed by atoms with van der Waals surface area (Å²) in [6, 6.07) is 3.47. The summed E-state index contributed by atoms with van der Waals surface area (Å²) in [5.74, 6) is 3.52. The first-order valence-corrected chi connectivity index (χ1v) is 7.73. The maximum Gasteiger partial charge on any atom is 0.252 e. The maximum atomic E-state index is 13.1. The highest BCUT2D eigenvalue weighted by Crippen LogP contribution is 2.10. The van der Waals surface area contributed by atoms with E-state index in [4.69, 9.17) is 10.2 Å². The lowest BCUT2D eigenvalue weighted by atomic mass is 10.1. The van der Waals surface area contributed by atoms with Crippen molar-refractivity contribution in [2.45, 2.75) is 6.42 Å². The molecule has 1 aromatic rings. The quantitative estimate of drug-likeness (QED) is 0.506. The molecule has 0 heterocycles. The molecule has 0 aliphatic rings. The number of sulfonamides is 1. The Morgan fingerprint density at radius 1 is 1.43 bits per heavy atom. The third kappa shape index (κ3) is 6.35. The van der Waals surface area contributed by atoms with E-state index in [0.29, 0.717) is 0 Å². The van der Waals surface area contributed by atoms with E-state index in [1.165, 1.54) is 6.07 Å². The summed E-state index contributed by atoms with van der Waals surface area (Å²) in [7, 11) is -3.56. The monoisotopic (exact) mass is 314 g/mol. The second-order valence-electron chi connectivity index (χ2n) is 4.13. The summed E-state index contributed by atoms with van der Waals surface area (Å²) in [5, 5.41) is 16.0. The molecule has 0 unspecified atom stereocenters. The molecule has 0 aromatic heterocycles. The Kier molecular flexibility index (Phi) is 6.30. The predicted molar refractivity (Wildman–Crippen MR) is 75.3 cm³/mol. The number of rotatable bonds is 5. The van der Waals surface area contributed by atoms with E-state index in [1.807, 2.05) is 0 Å². The van der Waals surface area contributed by atoms with Crippen molar-refractivity contribution in [2.24, 2.45) is 5.14 Å². The molecule has 0 saturated carbocycles. The first-order valence-electron chi connectivity index (χ1n) is 6.01. The predicted octanol–water partition coefficient (Wildman–Crippen LogP) is -0.422. The highest BCUT2D eigenvalue weighted by Gasteiger charge is 2.11. The van der Waals surface area contributed by atoms with Crippen molar-refractivity contribution in [3.63, 3.8) is 0 Å². The number of aliphatic hydroxyl groups excluding tert-OH is 1. The van der Waals surface area contributed by atoms with E-state index >= 15 is 0 Å². The number of hydrogen-bond donors (Lipinski definition) is 3. The lowest BCUT2D eigenvalue weighted by Crippen LogP contribution is -2.27. The van der Waals surface area contributed by atoms with E-state index in [0.717, 1.165) is 12.1 Å². The molecule has 1 rings (SSSR count). The van der Waals surface area contributed by atoms with Crippen LogP contribution >= 0.6 is 0 Å². The van der Waals surface area contributed by atoms with Gasteiger partial charge in [0.25, 0.3) is 5.91 Å². The summed E-state index contributed by atoms with van der Waals surface area (Å²) in [6.45, 7) is -0.300. The Hall–Kier alpha value is -1.95. The van der Waals surface area contributed by atoms with E-state index < -0.39 is 28.4 Å². The number of amides is 1. The van der Waals surface area contributed by atoms with Gasteiger partial charge in [0.15, 0.2) is 0 Å². The minimum absolute atomic E-state index is 0.111. The molecule has 4 N–H and O–H groups in total. The van der Waals surface area contributed by atoms with Crippen LogP contribution in [0.5, 0.6) is 0 Å². The average Bonchev–Trinajstić information content (AvgIpc) is 2.40. The van der Waals surface area contributed by atoms with Crippen molar-refractivity contribution in [1.29, 1.82) is 0 Å². The largest absolute Gasteiger partial charge is 0.384 e. The Morgan fingerprint density at radius 3 is 2.76 bits per heavy atom. The minimum atomic E-state index is -3.56. The number of benzene rings is 1. The maximum absolute atomic E-state index is 13.1. The number of nitrogens with two attached hydrogens (primary N) is 1. The Morgan fingerprint density at radius 2 is 2.14 bits per heavy atom. The molecular formula is C13H15FN2O4S. The SMILES string of the molecule is NS(=O)(=O)CCCNC(=O)c1ccc(F)cc1C#CCO. The summed E-state index contributed by atoms with van der Waals surface area (Å²) < 4.78 is 34.6. The van der Waals surface area contributed by atoms with Crippen LogP contribution in [0.15, 0.2) is 18.2 Å². The second-order valence-corrected chi connectivity index (χ2v) is 5.86. The number of aliphatic hydroxyl groups is 1. The van der Waals surface area contributed by atoms with Gasteiger partial charge in [0.05, 0.1) is 11.3 Å². The highest BCUT2D eigenvalue weighted by molar-refractivity contribution is 7.89. The standard InChI is InChI=1S/C13H15FN2O4S/c14-11-4-5-12(10(9-11)3-1-7-17)13(18)16-6-2-8-21(15,19)20/h4-5,9,17H,2,6-8H2,(H,16,18)(H2,15,19,20). The van der Waals surface area contributed by atoms with Gasteiger partial charge < -0.3 is 10.4 Å². The number of nitrogens with one attached hydrogen (secondary N) is 1. The van der Waals surface area contributed by atoms with Gasteiger partial charge in [-0.05, 0) is 24.6 Å². The van der Waals surface area contributed by atoms with Gasteiger partial charge in [0.1, 0.15) is 12.4 Å². The van der Waals surface area contributed by atoms with E-state index in [2.05, 4.69) is 17.2 Å². The first kappa shape index (κ1) is 17.1. The van der Waals surface area contributed by atoms with Crippen LogP contribution in [0.25, 0.3) is 0 Å². The van der Waals surface area contributed by atoms with Crippen LogP contribution in [-0.4, -0.2) is 38.3 Å². The van der Waals surface area contributed by atoms with Crippen LogP contribution in [0, 0.1) is 17.7 Å². The fourth-order valence-corrected chi connectivity index (χ4v) is 2.07. The van der Waals surface area contributed by atoms with Gasteiger partial charge in [-0.3, -0.25) is 4.79 Å². The van der Waals surface area contributed by atoms with E-state index in [-0.39, 0.29) is 29.8 Å². The minimum Gasteiger partial charge on any atom is -0.384 e. The van der Waals surface area contributed by atoms with Crippen LogP contribution in [0.3, 0.4) is 0 Å². The van der Waals surface area contributed by atoms with Gasteiger partial charge in [-0.15, -0.1) is 0 Å². The van der Waals surface area contributed by atoms with Gasteiger partial charge in [0, 0.05) is 12.1 Å². The zero-order chi connectivity index (χ0) is 15.9. The number of halogens is 1. The van der Waals surface area contributed by atoms with Crippen LogP contribution in [0.2, 0.25) is 0 Å². The molecule has 0 fully saturated rings. The number of hydrogen-bond acceptors (Lipinski definition) is 4. The molecule has 0 aliphatic carbocycles. The number of primary sulfonamides is 1. The molecule has 0 spiro atoms. The van der Waals surface area contributed by atoms with Crippen molar-refractivity contribution in [1.82, 2.24) is 5.32 Å². The van der Waals surface area contributed by atoms with Crippen molar-refractivity contribution < 1.29 is 22.7 Å². The zero-order valence-corrected chi connectivity index (χ0v) is 11.9. The number of carbonyl (C=O) groups excluding carboxylic acids is 1. The fourth-order valence-electron chi connectivity index (χ4n) is 1.52. The highest BCUT2D eigenvalue weighted by atomic mass is 32.2. The average molecular weight is 314 g/mol. The Bertz CT molecular complexity index is 677. The zero-order valence-electron chi connectivity index (χ0n) is 11.1. The molecule has 0 aliphatic heterocycles. The molecule has 0 bridgehead atoms. The molecular weight excluding hydrogens is 299 g/mol. The van der Waals surface area contributed by atoms with Gasteiger partial charge in [0.2, 0.25) is 10.0 Å². The van der Waals surface area contributed by atoms with Crippen LogP contribution in [0.4, 0.5) is 4.39 Å². The lowest BCUT2D eigenvalue weighted by Gasteiger charge is -2.07. The third-order valence-electron chi connectivity index (χ3n) is 2.42. The van der Waals surface area contributed by atoms with Crippen LogP contribution in [-0.2, 0) is 10.0 Å². The van der Waals surface area contributed by atoms with E-state index in [9.17, 15) is 17.6 Å². The van der Waals surface area contributed by atoms with Crippen molar-refractivity contribution in [3.8, 4) is 11.8 Å². The summed E-state index contributed by atoms with van der Waals surface area (Å²) in [4.78, 5) is 11.9. The van der Waals surface area contributed by atoms with Crippen molar-refractivity contribution >= 4 is 15.9 Å². The topological polar surface area (TPSA) is 109 Å². The summed E-state index contributed by atoms with van der Waals surface area (Å²) in [6.07, 6.45) is 0.170. The Balaban J connectivity index is 2.74. The lowest BCUT2D eigenvalue weighted by molar-refractivity contribution is 0.0953. The second kappa shape index (κ2) is 7.73. The van der Waals surface area contributed by atoms with Gasteiger partial charge in [-0.2, -0.15) is 0 Å². The molecule has 6 nitrogen and oxygen atoms in total. The smallest absolute Gasteiger partial charge is 0.252 e.